The van der Waals surface area contributed by atoms with E-state index in [1.54, 1.807) is 0 Å². The molecule has 50 heavy (non-hydrogen) atoms. The number of aromatic nitrogens is 2. The quantitative estimate of drug-likeness (QED) is 0.175. The minimum absolute atomic E-state index is 0.824. The summed E-state index contributed by atoms with van der Waals surface area (Å²) in [6, 6.07) is 54.6. The topological polar surface area (TPSA) is 50.7 Å². The van der Waals surface area contributed by atoms with Gasteiger partial charge in [-0.2, -0.15) is 0 Å². The van der Waals surface area contributed by atoms with Gasteiger partial charge in [0, 0.05) is 22.1 Å². The van der Waals surface area contributed by atoms with E-state index in [0.29, 0.717) is 0 Å². The molecule has 0 fully saturated rings. The summed E-state index contributed by atoms with van der Waals surface area (Å²) < 4.78 is 12.7. The highest BCUT2D eigenvalue weighted by Gasteiger charge is 2.27. The zero-order valence-electron chi connectivity index (χ0n) is 26.6. The lowest BCUT2D eigenvalue weighted by Crippen LogP contribution is -2.15. The van der Waals surface area contributed by atoms with Crippen molar-refractivity contribution in [3.63, 3.8) is 0 Å². The molecule has 6 heteroatoms. The maximum Gasteiger partial charge on any atom is 0.151 e. The molecule has 2 aliphatic heterocycles. The second-order valence-corrected chi connectivity index (χ2v) is 12.7. The summed E-state index contributed by atoms with van der Waals surface area (Å²) in [7, 11) is 0. The Bertz CT molecular complexity index is 2570. The summed E-state index contributed by atoms with van der Waals surface area (Å²) in [4.78, 5) is 4.57. The van der Waals surface area contributed by atoms with Crippen molar-refractivity contribution in [2.24, 2.45) is 0 Å². The molecular weight excluding hydrogens is 617 g/mol. The van der Waals surface area contributed by atoms with Gasteiger partial charge in [0.1, 0.15) is 0 Å². The van der Waals surface area contributed by atoms with Crippen molar-refractivity contribution >= 4 is 77.5 Å². The lowest BCUT2D eigenvalue weighted by Gasteiger charge is -2.33. The maximum absolute atomic E-state index is 6.33. The lowest BCUT2D eigenvalue weighted by molar-refractivity contribution is 0.477. The zero-order chi connectivity index (χ0) is 32.8. The van der Waals surface area contributed by atoms with Crippen LogP contribution in [-0.4, -0.2) is 10.2 Å². The van der Waals surface area contributed by atoms with Gasteiger partial charge in [-0.05, 0) is 106 Å². The summed E-state index contributed by atoms with van der Waals surface area (Å²) in [5, 5.41) is 16.1. The molecule has 9 aromatic rings. The summed E-state index contributed by atoms with van der Waals surface area (Å²) in [5.74, 6) is 3.30. The molecule has 234 valence electrons. The molecule has 0 spiro atoms. The normalized spacial score (nSPS) is 13.0. The van der Waals surface area contributed by atoms with Crippen molar-refractivity contribution < 1.29 is 9.47 Å². The van der Waals surface area contributed by atoms with Gasteiger partial charge in [0.05, 0.1) is 33.8 Å². The molecule has 0 aliphatic carbocycles. The highest BCUT2D eigenvalue weighted by molar-refractivity contribution is 6.26. The number of nitrogens with zero attached hydrogens (tertiary/aromatic N) is 4. The molecule has 0 bridgehead atoms. The van der Waals surface area contributed by atoms with Gasteiger partial charge >= 0.3 is 0 Å². The van der Waals surface area contributed by atoms with E-state index in [1.165, 1.54) is 0 Å². The Balaban J connectivity index is 1.19. The SMILES string of the molecule is c1ccc2c(c1)Oc1ccccc1N2c1ccc2ccc3nnc4ccc5ccc(N6c7ccccc7Oc7ccccc76)cc5c4c3c2c1. The van der Waals surface area contributed by atoms with Gasteiger partial charge in [0.15, 0.2) is 23.0 Å². The Hall–Kier alpha value is -6.92. The predicted molar refractivity (Wildman–Crippen MR) is 202 cm³/mol. The van der Waals surface area contributed by atoms with Crippen LogP contribution in [0, 0.1) is 0 Å². The first kappa shape index (κ1) is 27.1. The van der Waals surface area contributed by atoms with Crippen LogP contribution in [-0.2, 0) is 0 Å². The van der Waals surface area contributed by atoms with E-state index in [2.05, 4.69) is 119 Å². The molecule has 0 atom stereocenters. The van der Waals surface area contributed by atoms with Crippen LogP contribution in [0.15, 0.2) is 158 Å². The number of hydrogen-bond acceptors (Lipinski definition) is 6. The van der Waals surface area contributed by atoms with E-state index in [0.717, 1.165) is 100 Å². The average molecular weight is 643 g/mol. The number of hydrogen-bond donors (Lipinski definition) is 0. The number of ether oxygens (including phenoxy) is 2. The Morgan fingerprint density at radius 2 is 0.700 bits per heavy atom. The van der Waals surface area contributed by atoms with Gasteiger partial charge in [-0.3, -0.25) is 0 Å². The molecule has 0 saturated heterocycles. The molecule has 1 aromatic heterocycles. The second-order valence-electron chi connectivity index (χ2n) is 12.7. The molecule has 0 amide bonds. The number of para-hydroxylation sites is 8. The molecule has 8 aromatic carbocycles. The van der Waals surface area contributed by atoms with Gasteiger partial charge in [-0.1, -0.05) is 72.8 Å². The minimum atomic E-state index is 0.824. The molecule has 0 unspecified atom stereocenters. The number of benzene rings is 8. The molecule has 3 heterocycles. The van der Waals surface area contributed by atoms with Crippen molar-refractivity contribution in [3.05, 3.63) is 158 Å². The molecule has 0 radical (unpaired) electrons. The Labute approximate surface area is 287 Å². The summed E-state index contributed by atoms with van der Waals surface area (Å²) in [5.41, 5.74) is 7.78. The smallest absolute Gasteiger partial charge is 0.151 e. The van der Waals surface area contributed by atoms with Gasteiger partial charge in [0.25, 0.3) is 0 Å². The van der Waals surface area contributed by atoms with Crippen LogP contribution in [0.3, 0.4) is 0 Å². The van der Waals surface area contributed by atoms with Crippen molar-refractivity contribution in [1.82, 2.24) is 10.2 Å². The van der Waals surface area contributed by atoms with Crippen LogP contribution in [0.1, 0.15) is 0 Å². The van der Waals surface area contributed by atoms with Crippen molar-refractivity contribution in [2.75, 3.05) is 9.80 Å². The van der Waals surface area contributed by atoms with Crippen LogP contribution >= 0.6 is 0 Å². The monoisotopic (exact) mass is 642 g/mol. The summed E-state index contributed by atoms with van der Waals surface area (Å²) >= 11 is 0. The molecule has 2 aliphatic rings. The standard InChI is InChI=1S/C44H26N4O2/c1-5-13-39-35(9-1)47(36-10-2-6-14-40(36)49-39)29-21-17-27-19-23-33-43(31(27)25-29)44-32-26-30(22-18-28(32)20-24-34(44)46-45-33)48-37-11-3-7-15-41(37)50-42-16-8-4-12-38(42)48/h1-26H. The molecule has 6 nitrogen and oxygen atoms in total. The third kappa shape index (κ3) is 3.90. The lowest BCUT2D eigenvalue weighted by atomic mass is 9.96. The number of fused-ring (bicyclic) bond motifs is 11. The highest BCUT2D eigenvalue weighted by atomic mass is 16.5. The molecule has 0 N–H and O–H groups in total. The summed E-state index contributed by atoms with van der Waals surface area (Å²) in [6.07, 6.45) is 0. The molecule has 0 saturated carbocycles. The van der Waals surface area contributed by atoms with Crippen LogP contribution in [0.2, 0.25) is 0 Å². The van der Waals surface area contributed by atoms with Gasteiger partial charge < -0.3 is 19.3 Å². The van der Waals surface area contributed by atoms with E-state index >= 15 is 0 Å². The Morgan fingerprint density at radius 3 is 1.08 bits per heavy atom. The van der Waals surface area contributed by atoms with E-state index in [-0.39, 0.29) is 0 Å². The third-order valence-corrected chi connectivity index (χ3v) is 9.86. The van der Waals surface area contributed by atoms with Crippen molar-refractivity contribution in [3.8, 4) is 23.0 Å². The second kappa shape index (κ2) is 10.3. The largest absolute Gasteiger partial charge is 0.453 e. The fraction of sp³-hybridized carbons (Fsp3) is 0. The first-order valence-electron chi connectivity index (χ1n) is 16.7. The molecule has 11 rings (SSSR count). The predicted octanol–water partition coefficient (Wildman–Crippen LogP) is 12.2. The highest BCUT2D eigenvalue weighted by Crippen LogP contribution is 2.52. The fourth-order valence-electron chi connectivity index (χ4n) is 7.64. The van der Waals surface area contributed by atoms with Crippen LogP contribution in [0.25, 0.3) is 43.4 Å². The van der Waals surface area contributed by atoms with Crippen LogP contribution in [0.5, 0.6) is 23.0 Å². The zero-order valence-corrected chi connectivity index (χ0v) is 26.6. The van der Waals surface area contributed by atoms with E-state index in [9.17, 15) is 0 Å². The van der Waals surface area contributed by atoms with E-state index < -0.39 is 0 Å². The number of anilines is 6. The average Bonchev–Trinajstić information content (AvgIpc) is 3.18. The summed E-state index contributed by atoms with van der Waals surface area (Å²) in [6.45, 7) is 0. The third-order valence-electron chi connectivity index (χ3n) is 9.86. The van der Waals surface area contributed by atoms with Crippen molar-refractivity contribution in [1.29, 1.82) is 0 Å². The first-order valence-corrected chi connectivity index (χ1v) is 16.7. The van der Waals surface area contributed by atoms with Gasteiger partial charge in [-0.25, -0.2) is 0 Å². The maximum atomic E-state index is 6.33. The number of rotatable bonds is 2. The Morgan fingerprint density at radius 1 is 0.360 bits per heavy atom. The Kier molecular flexibility index (Phi) is 5.57. The van der Waals surface area contributed by atoms with Gasteiger partial charge in [-0.15, -0.1) is 10.2 Å². The van der Waals surface area contributed by atoms with Gasteiger partial charge in [0.2, 0.25) is 0 Å². The van der Waals surface area contributed by atoms with Crippen LogP contribution in [0.4, 0.5) is 34.1 Å². The first-order chi connectivity index (χ1) is 24.8. The van der Waals surface area contributed by atoms with E-state index in [1.807, 2.05) is 48.5 Å². The minimum Gasteiger partial charge on any atom is -0.453 e. The molecular formula is C44H26N4O2. The van der Waals surface area contributed by atoms with Crippen LogP contribution < -0.4 is 19.3 Å². The fourth-order valence-corrected chi connectivity index (χ4v) is 7.64. The van der Waals surface area contributed by atoms with Crippen molar-refractivity contribution in [2.45, 2.75) is 0 Å². The van der Waals surface area contributed by atoms with E-state index in [4.69, 9.17) is 19.7 Å².